The van der Waals surface area contributed by atoms with Gasteiger partial charge in [0.2, 0.25) is 0 Å². The summed E-state index contributed by atoms with van der Waals surface area (Å²) in [6.07, 6.45) is 1.17. The van der Waals surface area contributed by atoms with Crippen molar-refractivity contribution in [3.05, 3.63) is 11.4 Å². The highest BCUT2D eigenvalue weighted by molar-refractivity contribution is 6.28. The summed E-state index contributed by atoms with van der Waals surface area (Å²) in [5, 5.41) is 7.86. The fourth-order valence-electron chi connectivity index (χ4n) is 1.60. The highest BCUT2D eigenvalue weighted by Gasteiger charge is 2.61. The van der Waals surface area contributed by atoms with E-state index in [1.807, 2.05) is 0 Å². The molecular weight excluding hydrogens is 218 g/mol. The minimum absolute atomic E-state index is 0. The van der Waals surface area contributed by atoms with Gasteiger partial charge in [-0.1, -0.05) is 25.4 Å². The second kappa shape index (κ2) is 3.84. The molecule has 1 N–H and O–H groups in total. The third-order valence-electron chi connectivity index (χ3n) is 2.48. The standard InChI is InChI=1S/C8H10ClFO2.ClH/c1-8(2)4(3-5(9)10)6(8)7(11)12;/h3-4,6H,1-2H3,(H,11,12);1H/t4?,6-;/m0./s1. The summed E-state index contributed by atoms with van der Waals surface area (Å²) in [6.45, 7) is 3.57. The van der Waals surface area contributed by atoms with E-state index in [1.54, 1.807) is 13.8 Å². The molecule has 0 aromatic carbocycles. The van der Waals surface area contributed by atoms with Gasteiger partial charge in [-0.15, -0.1) is 12.4 Å². The van der Waals surface area contributed by atoms with Crippen LogP contribution >= 0.6 is 24.0 Å². The van der Waals surface area contributed by atoms with Gasteiger partial charge in [0.15, 0.2) is 5.29 Å². The molecule has 2 atom stereocenters. The van der Waals surface area contributed by atoms with Crippen LogP contribution in [0.5, 0.6) is 0 Å². The summed E-state index contributed by atoms with van der Waals surface area (Å²) in [5.41, 5.74) is -0.363. The Morgan fingerprint density at radius 1 is 1.62 bits per heavy atom. The van der Waals surface area contributed by atoms with Crippen LogP contribution in [0.4, 0.5) is 4.39 Å². The Morgan fingerprint density at radius 2 is 2.08 bits per heavy atom. The number of halogens is 3. The number of aliphatic carboxylic acids is 1. The van der Waals surface area contributed by atoms with Gasteiger partial charge in [-0.3, -0.25) is 4.79 Å². The van der Waals surface area contributed by atoms with E-state index in [0.717, 1.165) is 0 Å². The first-order chi connectivity index (χ1) is 5.37. The Balaban J connectivity index is 0.00000144. The number of carboxylic acid groups (broad SMARTS) is 1. The molecule has 1 rings (SSSR count). The third-order valence-corrected chi connectivity index (χ3v) is 2.61. The van der Waals surface area contributed by atoms with Crippen molar-refractivity contribution in [1.82, 2.24) is 0 Å². The smallest absolute Gasteiger partial charge is 0.307 e. The lowest BCUT2D eigenvalue weighted by Gasteiger charge is -1.95. The molecule has 76 valence electrons. The molecule has 0 aromatic heterocycles. The predicted molar refractivity (Wildman–Crippen MR) is 50.7 cm³/mol. The number of hydrogen-bond acceptors (Lipinski definition) is 1. The molecule has 0 bridgehead atoms. The monoisotopic (exact) mass is 228 g/mol. The van der Waals surface area contributed by atoms with Crippen molar-refractivity contribution in [2.45, 2.75) is 13.8 Å². The van der Waals surface area contributed by atoms with Crippen molar-refractivity contribution in [3.63, 3.8) is 0 Å². The Hall–Kier alpha value is -0.280. The lowest BCUT2D eigenvalue weighted by Crippen LogP contribution is -2.02. The van der Waals surface area contributed by atoms with Crippen LogP contribution in [-0.2, 0) is 4.79 Å². The van der Waals surface area contributed by atoms with Gasteiger partial charge in [0.1, 0.15) is 0 Å². The molecule has 0 saturated heterocycles. The topological polar surface area (TPSA) is 37.3 Å². The molecule has 0 heterocycles. The molecule has 0 radical (unpaired) electrons. The van der Waals surface area contributed by atoms with Crippen molar-refractivity contribution in [2.75, 3.05) is 0 Å². The SMILES string of the molecule is CC1(C)C(C=C(F)Cl)[C@H]1C(=O)O.Cl. The van der Waals surface area contributed by atoms with Crippen LogP contribution in [0.25, 0.3) is 0 Å². The zero-order valence-electron chi connectivity index (χ0n) is 7.25. The molecular formula is C8H11Cl2FO2. The third kappa shape index (κ3) is 2.35. The van der Waals surface area contributed by atoms with E-state index in [1.165, 1.54) is 6.08 Å². The van der Waals surface area contributed by atoms with Crippen LogP contribution in [0.3, 0.4) is 0 Å². The zero-order valence-corrected chi connectivity index (χ0v) is 8.82. The quantitative estimate of drug-likeness (QED) is 0.790. The predicted octanol–water partition coefficient (Wildman–Crippen LogP) is 2.81. The molecule has 2 nitrogen and oxygen atoms in total. The average molecular weight is 229 g/mol. The molecule has 1 saturated carbocycles. The van der Waals surface area contributed by atoms with Crippen LogP contribution in [0.15, 0.2) is 11.4 Å². The fourth-order valence-corrected chi connectivity index (χ4v) is 1.73. The Morgan fingerprint density at radius 3 is 2.31 bits per heavy atom. The molecule has 1 unspecified atom stereocenters. The van der Waals surface area contributed by atoms with E-state index >= 15 is 0 Å². The van der Waals surface area contributed by atoms with E-state index in [9.17, 15) is 9.18 Å². The molecule has 13 heavy (non-hydrogen) atoms. The minimum Gasteiger partial charge on any atom is -0.481 e. The van der Waals surface area contributed by atoms with Gasteiger partial charge in [0.05, 0.1) is 5.92 Å². The maximum atomic E-state index is 12.2. The highest BCUT2D eigenvalue weighted by Crippen LogP contribution is 2.59. The first-order valence-corrected chi connectivity index (χ1v) is 4.01. The van der Waals surface area contributed by atoms with Crippen molar-refractivity contribution in [2.24, 2.45) is 17.3 Å². The molecule has 1 aliphatic carbocycles. The van der Waals surface area contributed by atoms with Crippen LogP contribution < -0.4 is 0 Å². The average Bonchev–Trinajstić information content (AvgIpc) is 2.32. The van der Waals surface area contributed by atoms with Crippen molar-refractivity contribution in [1.29, 1.82) is 0 Å². The number of allylic oxidation sites excluding steroid dienone is 1. The Labute approximate surface area is 87.2 Å². The van der Waals surface area contributed by atoms with E-state index in [-0.39, 0.29) is 23.7 Å². The second-order valence-corrected chi connectivity index (χ2v) is 3.98. The van der Waals surface area contributed by atoms with Crippen molar-refractivity contribution < 1.29 is 14.3 Å². The first-order valence-electron chi connectivity index (χ1n) is 3.63. The summed E-state index contributed by atoms with van der Waals surface area (Å²) >= 11 is 5.01. The van der Waals surface area contributed by atoms with Gasteiger partial charge in [0, 0.05) is 5.92 Å². The lowest BCUT2D eigenvalue weighted by atomic mass is 10.1. The van der Waals surface area contributed by atoms with Gasteiger partial charge in [0.25, 0.3) is 0 Å². The Bertz CT molecular complexity index is 247. The number of hydrogen-bond donors (Lipinski definition) is 1. The van der Waals surface area contributed by atoms with Crippen LogP contribution in [0, 0.1) is 17.3 Å². The number of carboxylic acids is 1. The lowest BCUT2D eigenvalue weighted by molar-refractivity contribution is -0.139. The second-order valence-electron chi connectivity index (χ2n) is 3.62. The summed E-state index contributed by atoms with van der Waals surface area (Å²) < 4.78 is 12.2. The van der Waals surface area contributed by atoms with E-state index in [0.29, 0.717) is 0 Å². The van der Waals surface area contributed by atoms with E-state index in [2.05, 4.69) is 0 Å². The number of carbonyl (C=O) groups is 1. The van der Waals surface area contributed by atoms with Gasteiger partial charge >= 0.3 is 5.97 Å². The molecule has 0 aliphatic heterocycles. The number of rotatable bonds is 2. The van der Waals surface area contributed by atoms with Crippen LogP contribution in [0.1, 0.15) is 13.8 Å². The van der Waals surface area contributed by atoms with Gasteiger partial charge in [-0.25, -0.2) is 0 Å². The minimum atomic E-state index is -0.890. The zero-order chi connectivity index (χ0) is 9.52. The highest BCUT2D eigenvalue weighted by atomic mass is 35.5. The van der Waals surface area contributed by atoms with Crippen LogP contribution in [-0.4, -0.2) is 11.1 Å². The normalized spacial score (nSPS) is 30.6. The summed E-state index contributed by atoms with van der Waals surface area (Å²) in [5.74, 6) is -1.66. The van der Waals surface area contributed by atoms with Crippen LogP contribution in [0.2, 0.25) is 0 Å². The van der Waals surface area contributed by atoms with E-state index in [4.69, 9.17) is 16.7 Å². The summed E-state index contributed by atoms with van der Waals surface area (Å²) in [4.78, 5) is 10.6. The Kier molecular flexibility index (Phi) is 3.76. The van der Waals surface area contributed by atoms with Gasteiger partial charge in [-0.2, -0.15) is 4.39 Å². The van der Waals surface area contributed by atoms with Crippen molar-refractivity contribution >= 4 is 30.0 Å². The molecule has 5 heteroatoms. The maximum absolute atomic E-state index is 12.2. The molecule has 1 fully saturated rings. The molecule has 1 aliphatic rings. The molecule has 0 amide bonds. The van der Waals surface area contributed by atoms with Gasteiger partial charge < -0.3 is 5.11 Å². The van der Waals surface area contributed by atoms with Crippen molar-refractivity contribution in [3.8, 4) is 0 Å². The first kappa shape index (κ1) is 12.7. The fraction of sp³-hybridized carbons (Fsp3) is 0.625. The molecule has 0 spiro atoms. The van der Waals surface area contributed by atoms with Gasteiger partial charge in [-0.05, 0) is 11.5 Å². The maximum Gasteiger partial charge on any atom is 0.307 e. The largest absolute Gasteiger partial charge is 0.481 e. The molecule has 0 aromatic rings. The van der Waals surface area contributed by atoms with E-state index < -0.39 is 17.2 Å². The summed E-state index contributed by atoms with van der Waals surface area (Å²) in [7, 11) is 0. The summed E-state index contributed by atoms with van der Waals surface area (Å²) in [6, 6.07) is 0.